The molecule has 9 heteroatoms. The summed E-state index contributed by atoms with van der Waals surface area (Å²) in [5, 5.41) is 1.20. The number of amides is 3. The number of carbonyl (C=O) groups is 2. The van der Waals surface area contributed by atoms with E-state index >= 15 is 0 Å². The lowest BCUT2D eigenvalue weighted by Crippen LogP contribution is -2.36. The molecule has 1 fully saturated rings. The van der Waals surface area contributed by atoms with Crippen molar-refractivity contribution in [3.8, 4) is 0 Å². The Bertz CT molecular complexity index is 880. The lowest BCUT2D eigenvalue weighted by molar-refractivity contribution is -0.140. The number of fused-ring (bicyclic) bond motifs is 3. The standard InChI is InChI=1S/C17H14F3N3O2S/c18-17(19,20)12-9-26-13(21-12)6-8-23-15(24)14-11-4-2-1-3-10(11)5-7-22(14)16(23)25/h1-4,9,14H,5-8H2/t14-/m0/s1. The molecule has 4 rings (SSSR count). The third-order valence-electron chi connectivity index (χ3n) is 4.65. The van der Waals surface area contributed by atoms with Gasteiger partial charge in [-0.3, -0.25) is 9.69 Å². The number of benzene rings is 1. The van der Waals surface area contributed by atoms with E-state index in [4.69, 9.17) is 0 Å². The van der Waals surface area contributed by atoms with E-state index in [-0.39, 0.29) is 29.9 Å². The Morgan fingerprint density at radius 3 is 2.73 bits per heavy atom. The number of aromatic nitrogens is 1. The summed E-state index contributed by atoms with van der Waals surface area (Å²) in [6.07, 6.45) is -3.69. The zero-order chi connectivity index (χ0) is 18.5. The summed E-state index contributed by atoms with van der Waals surface area (Å²) in [7, 11) is 0. The SMILES string of the molecule is O=C1[C@@H]2c3ccccc3CCN2C(=O)N1CCc1nc(C(F)(F)F)cs1. The summed E-state index contributed by atoms with van der Waals surface area (Å²) in [5.74, 6) is -0.324. The molecule has 3 amide bonds. The molecular formula is C17H14F3N3O2S. The van der Waals surface area contributed by atoms with Crippen molar-refractivity contribution in [2.45, 2.75) is 25.1 Å². The molecule has 0 saturated carbocycles. The van der Waals surface area contributed by atoms with Crippen LogP contribution in [0, 0.1) is 0 Å². The van der Waals surface area contributed by atoms with Gasteiger partial charge in [-0.1, -0.05) is 24.3 Å². The molecule has 0 N–H and O–H groups in total. The van der Waals surface area contributed by atoms with Crippen LogP contribution >= 0.6 is 11.3 Å². The van der Waals surface area contributed by atoms with Gasteiger partial charge in [-0.2, -0.15) is 13.2 Å². The van der Waals surface area contributed by atoms with Crippen molar-refractivity contribution in [2.75, 3.05) is 13.1 Å². The van der Waals surface area contributed by atoms with E-state index in [1.807, 2.05) is 24.3 Å². The Morgan fingerprint density at radius 1 is 1.23 bits per heavy atom. The predicted molar refractivity (Wildman–Crippen MR) is 87.5 cm³/mol. The lowest BCUT2D eigenvalue weighted by atomic mass is 9.93. The Balaban J connectivity index is 1.51. The normalized spacial score (nSPS) is 19.7. The largest absolute Gasteiger partial charge is 0.434 e. The first kappa shape index (κ1) is 17.0. The average molecular weight is 381 g/mol. The van der Waals surface area contributed by atoms with Crippen LogP contribution in [0.2, 0.25) is 0 Å². The summed E-state index contributed by atoms with van der Waals surface area (Å²) in [6, 6.07) is 6.50. The lowest BCUT2D eigenvalue weighted by Gasteiger charge is -2.28. The van der Waals surface area contributed by atoms with E-state index in [1.54, 1.807) is 0 Å². The van der Waals surface area contributed by atoms with E-state index in [2.05, 4.69) is 4.98 Å². The number of imide groups is 1. The highest BCUT2D eigenvalue weighted by atomic mass is 32.1. The zero-order valence-electron chi connectivity index (χ0n) is 13.5. The fraction of sp³-hybridized carbons (Fsp3) is 0.353. The topological polar surface area (TPSA) is 53.5 Å². The van der Waals surface area contributed by atoms with Crippen molar-refractivity contribution in [1.29, 1.82) is 0 Å². The number of carbonyl (C=O) groups excluding carboxylic acids is 2. The van der Waals surface area contributed by atoms with Crippen molar-refractivity contribution in [1.82, 2.24) is 14.8 Å². The molecule has 2 aliphatic heterocycles. The highest BCUT2D eigenvalue weighted by Crippen LogP contribution is 2.37. The van der Waals surface area contributed by atoms with Crippen LogP contribution in [0.15, 0.2) is 29.6 Å². The quantitative estimate of drug-likeness (QED) is 0.767. The van der Waals surface area contributed by atoms with Crippen LogP contribution in [-0.4, -0.2) is 39.8 Å². The van der Waals surface area contributed by atoms with Crippen LogP contribution in [0.4, 0.5) is 18.0 Å². The Morgan fingerprint density at radius 2 is 2.00 bits per heavy atom. The molecule has 1 aromatic carbocycles. The van der Waals surface area contributed by atoms with Crippen LogP contribution < -0.4 is 0 Å². The first-order chi connectivity index (χ1) is 12.4. The summed E-state index contributed by atoms with van der Waals surface area (Å²) in [4.78, 5) is 31.6. The number of hydrogen-bond acceptors (Lipinski definition) is 4. The highest BCUT2D eigenvalue weighted by molar-refractivity contribution is 7.09. The molecule has 1 aromatic heterocycles. The minimum absolute atomic E-state index is 0.0254. The number of nitrogens with zero attached hydrogens (tertiary/aromatic N) is 3. The maximum absolute atomic E-state index is 12.8. The fourth-order valence-corrected chi connectivity index (χ4v) is 4.20. The third kappa shape index (κ3) is 2.76. The second-order valence-corrected chi connectivity index (χ2v) is 7.13. The minimum atomic E-state index is -4.49. The number of halogens is 3. The number of alkyl halides is 3. The summed E-state index contributed by atoms with van der Waals surface area (Å²) in [6.45, 7) is 0.482. The van der Waals surface area contributed by atoms with Crippen LogP contribution in [0.5, 0.6) is 0 Å². The molecular weight excluding hydrogens is 367 g/mol. The van der Waals surface area contributed by atoms with E-state index in [9.17, 15) is 22.8 Å². The summed E-state index contributed by atoms with van der Waals surface area (Å²) < 4.78 is 37.9. The molecule has 26 heavy (non-hydrogen) atoms. The molecule has 0 aliphatic carbocycles. The van der Waals surface area contributed by atoms with Crippen molar-refractivity contribution in [2.24, 2.45) is 0 Å². The highest BCUT2D eigenvalue weighted by Gasteiger charge is 2.47. The molecule has 5 nitrogen and oxygen atoms in total. The molecule has 2 aliphatic rings. The van der Waals surface area contributed by atoms with Gasteiger partial charge in [0.2, 0.25) is 0 Å². The van der Waals surface area contributed by atoms with Crippen molar-refractivity contribution in [3.05, 3.63) is 51.5 Å². The monoisotopic (exact) mass is 381 g/mol. The van der Waals surface area contributed by atoms with Gasteiger partial charge in [0.15, 0.2) is 5.69 Å². The minimum Gasteiger partial charge on any atom is -0.308 e. The van der Waals surface area contributed by atoms with Crippen LogP contribution in [0.3, 0.4) is 0 Å². The smallest absolute Gasteiger partial charge is 0.308 e. The van der Waals surface area contributed by atoms with Gasteiger partial charge in [0.25, 0.3) is 5.91 Å². The molecule has 0 radical (unpaired) electrons. The number of hydrogen-bond donors (Lipinski definition) is 0. The van der Waals surface area contributed by atoms with Gasteiger partial charge in [-0.05, 0) is 17.5 Å². The second-order valence-electron chi connectivity index (χ2n) is 6.19. The molecule has 3 heterocycles. The van der Waals surface area contributed by atoms with Gasteiger partial charge in [0.05, 0.1) is 5.01 Å². The Kier molecular flexibility index (Phi) is 3.98. The van der Waals surface area contributed by atoms with Crippen molar-refractivity contribution >= 4 is 23.3 Å². The van der Waals surface area contributed by atoms with Gasteiger partial charge in [0, 0.05) is 24.9 Å². The van der Waals surface area contributed by atoms with E-state index in [1.165, 1.54) is 4.90 Å². The van der Waals surface area contributed by atoms with Gasteiger partial charge >= 0.3 is 12.2 Å². The van der Waals surface area contributed by atoms with Crippen molar-refractivity contribution in [3.63, 3.8) is 0 Å². The maximum Gasteiger partial charge on any atom is 0.434 e. The number of urea groups is 1. The molecule has 1 saturated heterocycles. The molecule has 2 aromatic rings. The number of rotatable bonds is 3. The Hall–Kier alpha value is -2.42. The summed E-state index contributed by atoms with van der Waals surface area (Å²) >= 11 is 0.882. The molecule has 0 unspecified atom stereocenters. The van der Waals surface area contributed by atoms with Gasteiger partial charge < -0.3 is 4.90 Å². The summed E-state index contributed by atoms with van der Waals surface area (Å²) in [5.41, 5.74) is 0.933. The van der Waals surface area contributed by atoms with Gasteiger partial charge in [-0.15, -0.1) is 11.3 Å². The average Bonchev–Trinajstić information content (AvgIpc) is 3.17. The maximum atomic E-state index is 12.8. The van der Waals surface area contributed by atoms with Crippen LogP contribution in [-0.2, 0) is 23.8 Å². The predicted octanol–water partition coefficient (Wildman–Crippen LogP) is 3.27. The first-order valence-corrected chi connectivity index (χ1v) is 8.95. The number of thiazole rings is 1. The molecule has 136 valence electrons. The van der Waals surface area contributed by atoms with Gasteiger partial charge in [0.1, 0.15) is 6.04 Å². The van der Waals surface area contributed by atoms with Gasteiger partial charge in [-0.25, -0.2) is 9.78 Å². The Labute approximate surface area is 151 Å². The fourth-order valence-electron chi connectivity index (χ4n) is 3.41. The van der Waals surface area contributed by atoms with E-state index in [0.717, 1.165) is 32.7 Å². The van der Waals surface area contributed by atoms with E-state index in [0.29, 0.717) is 13.0 Å². The van der Waals surface area contributed by atoms with Crippen LogP contribution in [0.25, 0.3) is 0 Å². The second kappa shape index (κ2) is 6.08. The molecule has 0 spiro atoms. The molecule has 0 bridgehead atoms. The molecule has 1 atom stereocenters. The van der Waals surface area contributed by atoms with Crippen molar-refractivity contribution < 1.29 is 22.8 Å². The van der Waals surface area contributed by atoms with Crippen LogP contribution in [0.1, 0.15) is 27.9 Å². The van der Waals surface area contributed by atoms with E-state index < -0.39 is 17.9 Å². The first-order valence-electron chi connectivity index (χ1n) is 8.07. The zero-order valence-corrected chi connectivity index (χ0v) is 14.3. The third-order valence-corrected chi connectivity index (χ3v) is 5.56.